The minimum Gasteiger partial charge on any atom is -0.481 e. The Balaban J connectivity index is 1.98. The van der Waals surface area contributed by atoms with Gasteiger partial charge in [0.25, 0.3) is 0 Å². The summed E-state index contributed by atoms with van der Waals surface area (Å²) in [4.78, 5) is 26.9. The van der Waals surface area contributed by atoms with Crippen molar-refractivity contribution < 1.29 is 9.90 Å². The van der Waals surface area contributed by atoms with Gasteiger partial charge in [-0.3, -0.25) is 9.78 Å². The van der Waals surface area contributed by atoms with Crippen LogP contribution >= 0.6 is 0 Å². The molecular formula is C18H22N4O2. The van der Waals surface area contributed by atoms with E-state index in [2.05, 4.69) is 33.7 Å². The van der Waals surface area contributed by atoms with Gasteiger partial charge in [0.1, 0.15) is 5.82 Å². The second kappa shape index (κ2) is 6.95. The highest BCUT2D eigenvalue weighted by Gasteiger charge is 2.27. The minimum absolute atomic E-state index is 0.266. The second-order valence-corrected chi connectivity index (χ2v) is 6.49. The van der Waals surface area contributed by atoms with E-state index in [1.54, 1.807) is 12.4 Å². The highest BCUT2D eigenvalue weighted by Crippen LogP contribution is 2.27. The van der Waals surface area contributed by atoms with Crippen LogP contribution in [-0.4, -0.2) is 39.1 Å². The predicted molar refractivity (Wildman–Crippen MR) is 91.9 cm³/mol. The first kappa shape index (κ1) is 16.4. The maximum absolute atomic E-state index is 11.3. The molecule has 1 N–H and O–H groups in total. The number of nitrogens with zero attached hydrogens (tertiary/aromatic N) is 4. The summed E-state index contributed by atoms with van der Waals surface area (Å²) in [5, 5.41) is 9.31. The molecule has 24 heavy (non-hydrogen) atoms. The Hall–Kier alpha value is -2.50. The second-order valence-electron chi connectivity index (χ2n) is 6.49. The van der Waals surface area contributed by atoms with Crippen LogP contribution in [0.4, 0.5) is 5.82 Å². The lowest BCUT2D eigenvalue weighted by atomic mass is 9.98. The van der Waals surface area contributed by atoms with E-state index in [4.69, 9.17) is 0 Å². The summed E-state index contributed by atoms with van der Waals surface area (Å²) in [5.41, 5.74) is 1.82. The Labute approximate surface area is 141 Å². The molecule has 6 heteroatoms. The molecule has 1 atom stereocenters. The van der Waals surface area contributed by atoms with Crippen LogP contribution in [0.1, 0.15) is 38.3 Å². The van der Waals surface area contributed by atoms with Gasteiger partial charge in [0, 0.05) is 42.8 Å². The number of pyridine rings is 1. The number of aliphatic carboxylic acids is 1. The summed E-state index contributed by atoms with van der Waals surface area (Å²) in [5.74, 6) is 0.644. The van der Waals surface area contributed by atoms with Crippen LogP contribution in [0.15, 0.2) is 30.6 Å². The topological polar surface area (TPSA) is 79.2 Å². The molecule has 2 aromatic rings. The van der Waals surface area contributed by atoms with Crippen molar-refractivity contribution in [2.45, 2.75) is 32.6 Å². The molecule has 2 aromatic heterocycles. The van der Waals surface area contributed by atoms with Crippen molar-refractivity contribution in [1.29, 1.82) is 0 Å². The van der Waals surface area contributed by atoms with Crippen LogP contribution in [0.25, 0.3) is 11.4 Å². The highest BCUT2D eigenvalue weighted by molar-refractivity contribution is 5.71. The van der Waals surface area contributed by atoms with Crippen molar-refractivity contribution in [3.05, 3.63) is 36.3 Å². The molecule has 0 saturated carbocycles. The fourth-order valence-corrected chi connectivity index (χ4v) is 2.92. The minimum atomic E-state index is -0.731. The Kier molecular flexibility index (Phi) is 4.74. The highest BCUT2D eigenvalue weighted by atomic mass is 16.4. The van der Waals surface area contributed by atoms with Crippen LogP contribution in [0.5, 0.6) is 0 Å². The Morgan fingerprint density at radius 3 is 2.88 bits per heavy atom. The Bertz CT molecular complexity index is 718. The molecule has 126 valence electrons. The average Bonchev–Trinajstić information content (AvgIpc) is 2.62. The van der Waals surface area contributed by atoms with Gasteiger partial charge in [-0.15, -0.1) is 0 Å². The van der Waals surface area contributed by atoms with Crippen LogP contribution in [-0.2, 0) is 4.79 Å². The van der Waals surface area contributed by atoms with Crippen molar-refractivity contribution in [2.75, 3.05) is 18.0 Å². The average molecular weight is 326 g/mol. The third-order valence-electron chi connectivity index (χ3n) is 4.34. The number of carbonyl (C=O) groups is 1. The lowest BCUT2D eigenvalue weighted by molar-refractivity contribution is -0.141. The summed E-state index contributed by atoms with van der Waals surface area (Å²) in [6, 6.07) is 5.78. The molecule has 3 rings (SSSR count). The molecule has 1 aliphatic heterocycles. The summed E-state index contributed by atoms with van der Waals surface area (Å²) < 4.78 is 0. The molecule has 0 radical (unpaired) electrons. The Morgan fingerprint density at radius 2 is 2.21 bits per heavy atom. The number of hydrogen-bond acceptors (Lipinski definition) is 5. The molecule has 0 aromatic carbocycles. The standard InChI is InChI=1S/C18H22N4O2/c1-12(2)15-9-16(22-8-4-6-14(11-22)18(23)24)21-17(20-15)13-5-3-7-19-10-13/h3,5,7,9-10,12,14H,4,6,8,11H2,1-2H3,(H,23,24). The monoisotopic (exact) mass is 326 g/mol. The van der Waals surface area contributed by atoms with Gasteiger partial charge in [0.2, 0.25) is 0 Å². The molecule has 3 heterocycles. The number of carboxylic acid groups (broad SMARTS) is 1. The fourth-order valence-electron chi connectivity index (χ4n) is 2.92. The van der Waals surface area contributed by atoms with E-state index in [0.717, 1.165) is 36.5 Å². The number of piperidine rings is 1. The van der Waals surface area contributed by atoms with Gasteiger partial charge in [-0.05, 0) is 30.9 Å². The van der Waals surface area contributed by atoms with Gasteiger partial charge in [-0.25, -0.2) is 9.97 Å². The van der Waals surface area contributed by atoms with Crippen LogP contribution in [0.3, 0.4) is 0 Å². The van der Waals surface area contributed by atoms with Gasteiger partial charge in [0.15, 0.2) is 5.82 Å². The summed E-state index contributed by atoms with van der Waals surface area (Å²) in [7, 11) is 0. The largest absolute Gasteiger partial charge is 0.481 e. The SMILES string of the molecule is CC(C)c1cc(N2CCCC(C(=O)O)C2)nc(-c2cccnc2)n1. The van der Waals surface area contributed by atoms with Gasteiger partial charge < -0.3 is 10.0 Å². The quantitative estimate of drug-likeness (QED) is 0.930. The fraction of sp³-hybridized carbons (Fsp3) is 0.444. The predicted octanol–water partition coefficient (Wildman–Crippen LogP) is 2.96. The molecule has 0 amide bonds. The molecular weight excluding hydrogens is 304 g/mol. The first-order valence-corrected chi connectivity index (χ1v) is 8.31. The molecule has 1 aliphatic rings. The van der Waals surface area contributed by atoms with Crippen molar-refractivity contribution >= 4 is 11.8 Å². The van der Waals surface area contributed by atoms with Crippen LogP contribution in [0, 0.1) is 5.92 Å². The number of aromatic nitrogens is 3. The zero-order valence-electron chi connectivity index (χ0n) is 14.0. The lowest BCUT2D eigenvalue weighted by Gasteiger charge is -2.32. The molecule has 1 saturated heterocycles. The van der Waals surface area contributed by atoms with E-state index in [1.807, 2.05) is 18.2 Å². The third kappa shape index (κ3) is 3.53. The Morgan fingerprint density at radius 1 is 1.38 bits per heavy atom. The zero-order valence-corrected chi connectivity index (χ0v) is 14.0. The zero-order chi connectivity index (χ0) is 17.1. The van der Waals surface area contributed by atoms with Crippen LogP contribution in [0.2, 0.25) is 0 Å². The third-order valence-corrected chi connectivity index (χ3v) is 4.34. The van der Waals surface area contributed by atoms with Gasteiger partial charge in [-0.2, -0.15) is 0 Å². The molecule has 0 bridgehead atoms. The maximum Gasteiger partial charge on any atom is 0.308 e. The molecule has 6 nitrogen and oxygen atoms in total. The van der Waals surface area contributed by atoms with Crippen molar-refractivity contribution in [3.8, 4) is 11.4 Å². The van der Waals surface area contributed by atoms with E-state index < -0.39 is 5.97 Å². The van der Waals surface area contributed by atoms with E-state index >= 15 is 0 Å². The van der Waals surface area contributed by atoms with Crippen molar-refractivity contribution in [2.24, 2.45) is 5.92 Å². The summed E-state index contributed by atoms with van der Waals surface area (Å²) >= 11 is 0. The summed E-state index contributed by atoms with van der Waals surface area (Å²) in [6.45, 7) is 5.51. The lowest BCUT2D eigenvalue weighted by Crippen LogP contribution is -2.39. The van der Waals surface area contributed by atoms with Crippen molar-refractivity contribution in [1.82, 2.24) is 15.0 Å². The normalized spacial score (nSPS) is 18.0. The van der Waals surface area contributed by atoms with Gasteiger partial charge in [0.05, 0.1) is 5.92 Å². The number of hydrogen-bond donors (Lipinski definition) is 1. The van der Waals surface area contributed by atoms with Gasteiger partial charge >= 0.3 is 5.97 Å². The van der Waals surface area contributed by atoms with E-state index in [1.165, 1.54) is 0 Å². The maximum atomic E-state index is 11.3. The molecule has 0 spiro atoms. The smallest absolute Gasteiger partial charge is 0.308 e. The van der Waals surface area contributed by atoms with Gasteiger partial charge in [-0.1, -0.05) is 13.8 Å². The molecule has 0 aliphatic carbocycles. The van der Waals surface area contributed by atoms with E-state index in [0.29, 0.717) is 12.4 Å². The first-order chi connectivity index (χ1) is 11.5. The van der Waals surface area contributed by atoms with E-state index in [9.17, 15) is 9.90 Å². The number of anilines is 1. The molecule has 1 fully saturated rings. The first-order valence-electron chi connectivity index (χ1n) is 8.31. The molecule has 1 unspecified atom stereocenters. The van der Waals surface area contributed by atoms with Crippen molar-refractivity contribution in [3.63, 3.8) is 0 Å². The number of carboxylic acids is 1. The number of rotatable bonds is 4. The van der Waals surface area contributed by atoms with Crippen LogP contribution < -0.4 is 4.90 Å². The van der Waals surface area contributed by atoms with E-state index in [-0.39, 0.29) is 11.8 Å². The summed E-state index contributed by atoms with van der Waals surface area (Å²) in [6.07, 6.45) is 5.06.